The molecule has 0 saturated heterocycles. The molecule has 0 heterocycles. The van der Waals surface area contributed by atoms with Crippen LogP contribution in [0, 0.1) is 0 Å². The minimum atomic E-state index is -1.06. The summed E-state index contributed by atoms with van der Waals surface area (Å²) >= 11 is 0. The molecule has 0 aromatic heterocycles. The largest absolute Gasteiger partial charge is 0.480 e. The maximum Gasteiger partial charge on any atom is 0.317 e. The molecule has 0 aliphatic heterocycles. The molecule has 0 aliphatic carbocycles. The predicted molar refractivity (Wildman–Crippen MR) is 28.1 cm³/mol. The molecule has 6 heteroatoms. The fourth-order valence-electron chi connectivity index (χ4n) is 0.276. The molecule has 0 unspecified atom stereocenters. The number of nitrogens with one attached hydrogen (secondary N) is 1. The van der Waals surface area contributed by atoms with E-state index in [9.17, 15) is 9.59 Å². The molecular weight excluding hydrogens is 191 g/mol. The van der Waals surface area contributed by atoms with Crippen LogP contribution in [0.5, 0.6) is 0 Å². The van der Waals surface area contributed by atoms with Crippen molar-refractivity contribution in [1.82, 2.24) is 5.32 Å². The van der Waals surface area contributed by atoms with Crippen LogP contribution in [0.25, 0.3) is 0 Å². The second kappa shape index (κ2) is 6.64. The third-order valence-electron chi connectivity index (χ3n) is 0.552. The van der Waals surface area contributed by atoms with Crippen molar-refractivity contribution in [2.45, 2.75) is 0 Å². The topological polar surface area (TPSA) is 86.6 Å². The van der Waals surface area contributed by atoms with E-state index in [1.54, 1.807) is 0 Å². The predicted octanol–water partition coefficient (Wildman–Crippen LogP) is -1.26. The number of carbonyl (C=O) groups is 2. The number of rotatable bonds is 4. The molecule has 10 heavy (non-hydrogen) atoms. The van der Waals surface area contributed by atoms with E-state index in [1.165, 1.54) is 0 Å². The van der Waals surface area contributed by atoms with Crippen LogP contribution < -0.4 is 5.32 Å². The van der Waals surface area contributed by atoms with E-state index in [0.29, 0.717) is 0 Å². The smallest absolute Gasteiger partial charge is 0.317 e. The van der Waals surface area contributed by atoms with Crippen molar-refractivity contribution in [2.24, 2.45) is 0 Å². The van der Waals surface area contributed by atoms with Crippen molar-refractivity contribution < 1.29 is 39.3 Å². The Hall–Kier alpha value is -0.477. The van der Waals surface area contributed by atoms with Crippen LogP contribution in [-0.2, 0) is 29.1 Å². The van der Waals surface area contributed by atoms with E-state index in [-0.39, 0.29) is 32.6 Å². The summed E-state index contributed by atoms with van der Waals surface area (Å²) in [6.45, 7) is -0.626. The van der Waals surface area contributed by atoms with Gasteiger partial charge >= 0.3 is 11.9 Å². The summed E-state index contributed by atoms with van der Waals surface area (Å²) in [7, 11) is 0. The van der Waals surface area contributed by atoms with Gasteiger partial charge in [0.2, 0.25) is 0 Å². The molecule has 0 bridgehead atoms. The number of aliphatic carboxylic acids is 2. The third-order valence-corrected chi connectivity index (χ3v) is 0.552. The van der Waals surface area contributed by atoms with Gasteiger partial charge in [-0.1, -0.05) is 0 Å². The molecule has 0 aromatic rings. The van der Waals surface area contributed by atoms with Gasteiger partial charge in [0.15, 0.2) is 0 Å². The van der Waals surface area contributed by atoms with Crippen molar-refractivity contribution in [2.75, 3.05) is 13.1 Å². The molecule has 0 saturated carbocycles. The number of carboxylic acid groups (broad SMARTS) is 2. The van der Waals surface area contributed by atoms with Crippen molar-refractivity contribution in [3.05, 3.63) is 0 Å². The summed E-state index contributed by atoms with van der Waals surface area (Å²) in [5, 5.41) is 18.1. The number of hydrogen-bond acceptors (Lipinski definition) is 3. The first-order chi connectivity index (χ1) is 4.13. The molecule has 0 rings (SSSR count). The Bertz CT molecular complexity index is 112. The fraction of sp³-hybridized carbons (Fsp3) is 0.500. The summed E-state index contributed by atoms with van der Waals surface area (Å²) in [6, 6.07) is 0. The quantitative estimate of drug-likeness (QED) is 0.491. The van der Waals surface area contributed by atoms with E-state index in [2.05, 4.69) is 5.32 Å². The van der Waals surface area contributed by atoms with Gasteiger partial charge in [-0.15, -0.1) is 0 Å². The second-order valence-electron chi connectivity index (χ2n) is 1.39. The van der Waals surface area contributed by atoms with Crippen LogP contribution in [0.3, 0.4) is 0 Å². The van der Waals surface area contributed by atoms with Gasteiger partial charge in [0, 0.05) is 19.5 Å². The molecule has 5 nitrogen and oxygen atoms in total. The number of carboxylic acids is 2. The number of hydrogen-bond donors (Lipinski definition) is 3. The van der Waals surface area contributed by atoms with Crippen molar-refractivity contribution in [1.29, 1.82) is 0 Å². The van der Waals surface area contributed by atoms with Gasteiger partial charge in [-0.3, -0.25) is 14.9 Å². The molecule has 3 N–H and O–H groups in total. The molecule has 0 fully saturated rings. The third kappa shape index (κ3) is 10.5. The van der Waals surface area contributed by atoms with Crippen molar-refractivity contribution >= 4 is 11.9 Å². The van der Waals surface area contributed by atoms with Crippen molar-refractivity contribution in [3.63, 3.8) is 0 Å². The molecule has 0 amide bonds. The van der Waals surface area contributed by atoms with Gasteiger partial charge in [0.1, 0.15) is 0 Å². The van der Waals surface area contributed by atoms with Gasteiger partial charge in [-0.05, 0) is 0 Å². The first-order valence-electron chi connectivity index (χ1n) is 2.27. The molecule has 0 atom stereocenters. The Labute approximate surface area is 70.2 Å². The molecule has 0 radical (unpaired) electrons. The minimum Gasteiger partial charge on any atom is -0.480 e. The zero-order valence-electron chi connectivity index (χ0n) is 5.33. The molecule has 0 aliphatic rings. The van der Waals surface area contributed by atoms with Crippen LogP contribution >= 0.6 is 0 Å². The van der Waals surface area contributed by atoms with Crippen molar-refractivity contribution in [3.8, 4) is 0 Å². The van der Waals surface area contributed by atoms with Gasteiger partial charge in [-0.25, -0.2) is 0 Å². The average molecular weight is 198 g/mol. The Morgan fingerprint density at radius 1 is 1.10 bits per heavy atom. The summed E-state index contributed by atoms with van der Waals surface area (Å²) in [4.78, 5) is 19.5. The van der Waals surface area contributed by atoms with E-state index in [4.69, 9.17) is 10.2 Å². The molecular formula is C4H7NO4Zn. The average Bonchev–Trinajstić information content (AvgIpc) is 1.63. The van der Waals surface area contributed by atoms with E-state index in [0.717, 1.165) is 0 Å². The zero-order chi connectivity index (χ0) is 7.28. The Kier molecular flexibility index (Phi) is 8.12. The normalized spacial score (nSPS) is 8.00. The maximum absolute atomic E-state index is 9.73. The van der Waals surface area contributed by atoms with Crippen LogP contribution in [0.2, 0.25) is 0 Å². The fourth-order valence-corrected chi connectivity index (χ4v) is 0.276. The van der Waals surface area contributed by atoms with Crippen LogP contribution in [0.1, 0.15) is 0 Å². The SMILES string of the molecule is O=C(O)CNCC(=O)O.[Zn]. The first kappa shape index (κ1) is 12.2. The maximum atomic E-state index is 9.73. The standard InChI is InChI=1S/C4H7NO4.Zn/c6-3(7)1-5-2-4(8)9;/h5H,1-2H2,(H,6,7)(H,8,9);. The Morgan fingerprint density at radius 3 is 1.60 bits per heavy atom. The Balaban J connectivity index is 0. The van der Waals surface area contributed by atoms with Gasteiger partial charge in [0.05, 0.1) is 13.1 Å². The van der Waals surface area contributed by atoms with Gasteiger partial charge < -0.3 is 10.2 Å². The molecule has 0 aromatic carbocycles. The van der Waals surface area contributed by atoms with Gasteiger partial charge in [0.25, 0.3) is 0 Å². The van der Waals surface area contributed by atoms with Crippen LogP contribution in [0.15, 0.2) is 0 Å². The second-order valence-corrected chi connectivity index (χ2v) is 1.39. The monoisotopic (exact) mass is 197 g/mol. The minimum absolute atomic E-state index is 0. The summed E-state index contributed by atoms with van der Waals surface area (Å²) in [5.41, 5.74) is 0. The van der Waals surface area contributed by atoms with E-state index in [1.807, 2.05) is 0 Å². The van der Waals surface area contributed by atoms with Gasteiger partial charge in [-0.2, -0.15) is 0 Å². The molecule has 54 valence electrons. The van der Waals surface area contributed by atoms with E-state index >= 15 is 0 Å². The van der Waals surface area contributed by atoms with Crippen LogP contribution in [-0.4, -0.2) is 35.2 Å². The van der Waals surface area contributed by atoms with E-state index < -0.39 is 11.9 Å². The summed E-state index contributed by atoms with van der Waals surface area (Å²) in [5.74, 6) is -2.12. The first-order valence-corrected chi connectivity index (χ1v) is 2.27. The summed E-state index contributed by atoms with van der Waals surface area (Å²) in [6.07, 6.45) is 0. The molecule has 0 spiro atoms. The van der Waals surface area contributed by atoms with Crippen LogP contribution in [0.4, 0.5) is 0 Å². The Morgan fingerprint density at radius 2 is 1.40 bits per heavy atom. The zero-order valence-corrected chi connectivity index (χ0v) is 8.30. The summed E-state index contributed by atoms with van der Waals surface area (Å²) < 4.78 is 0.